The molecule has 0 saturated heterocycles. The summed E-state index contributed by atoms with van der Waals surface area (Å²) in [5.41, 5.74) is 1.06. The van der Waals surface area contributed by atoms with Crippen LogP contribution in [0.15, 0.2) is 23.3 Å². The van der Waals surface area contributed by atoms with Crippen LogP contribution in [-0.2, 0) is 4.79 Å². The van der Waals surface area contributed by atoms with Crippen molar-refractivity contribution in [3.63, 3.8) is 0 Å². The maximum atomic E-state index is 11.9. The van der Waals surface area contributed by atoms with E-state index in [1.54, 1.807) is 12.3 Å². The predicted octanol–water partition coefficient (Wildman–Crippen LogP) is 2.32. The highest BCUT2D eigenvalue weighted by atomic mass is 16.1. The quantitative estimate of drug-likeness (QED) is 0.532. The van der Waals surface area contributed by atoms with Gasteiger partial charge in [0.2, 0.25) is 5.91 Å². The molecule has 3 N–H and O–H groups in total. The molecule has 1 heterocycles. The highest BCUT2D eigenvalue weighted by Crippen LogP contribution is 2.04. The van der Waals surface area contributed by atoms with Crippen molar-refractivity contribution in [3.8, 4) is 0 Å². The van der Waals surface area contributed by atoms with Gasteiger partial charge in [-0.3, -0.25) is 9.79 Å². The number of pyridine rings is 1. The number of hydrogen-bond donors (Lipinski definition) is 3. The van der Waals surface area contributed by atoms with Crippen LogP contribution in [-0.4, -0.2) is 36.0 Å². The summed E-state index contributed by atoms with van der Waals surface area (Å²) in [7, 11) is 0. The average Bonchev–Trinajstić information content (AvgIpc) is 2.49. The first-order valence-corrected chi connectivity index (χ1v) is 8.19. The normalized spacial score (nSPS) is 12.9. The third-order valence-corrected chi connectivity index (χ3v) is 3.50. The standard InChI is InChI=1S/C17H29N5O/c1-6-18-17(21-14(5)12(2)3)19-10-9-16(23)22-15-8-7-13(4)11-20-15/h7-8,11-12,14H,6,9-10H2,1-5H3,(H2,18,19,21)(H,20,22,23). The van der Waals surface area contributed by atoms with Crippen LogP contribution in [0.1, 0.15) is 39.7 Å². The molecule has 0 aliphatic carbocycles. The number of aryl methyl sites for hydroxylation is 1. The van der Waals surface area contributed by atoms with Gasteiger partial charge in [0.25, 0.3) is 0 Å². The summed E-state index contributed by atoms with van der Waals surface area (Å²) >= 11 is 0. The van der Waals surface area contributed by atoms with Crippen LogP contribution in [0.25, 0.3) is 0 Å². The van der Waals surface area contributed by atoms with Gasteiger partial charge in [0.05, 0.1) is 6.54 Å². The fourth-order valence-electron chi connectivity index (χ4n) is 1.72. The van der Waals surface area contributed by atoms with Crippen molar-refractivity contribution in [2.45, 2.75) is 47.1 Å². The van der Waals surface area contributed by atoms with Crippen LogP contribution in [0.4, 0.5) is 5.82 Å². The molecule has 1 atom stereocenters. The minimum absolute atomic E-state index is 0.0853. The van der Waals surface area contributed by atoms with Crippen LogP contribution in [0.3, 0.4) is 0 Å². The first-order chi connectivity index (χ1) is 10.9. The smallest absolute Gasteiger partial charge is 0.227 e. The highest BCUT2D eigenvalue weighted by Gasteiger charge is 2.09. The monoisotopic (exact) mass is 319 g/mol. The third-order valence-electron chi connectivity index (χ3n) is 3.50. The Morgan fingerprint density at radius 3 is 2.61 bits per heavy atom. The molecule has 0 aliphatic heterocycles. The number of aromatic nitrogens is 1. The van der Waals surface area contributed by atoms with E-state index in [4.69, 9.17) is 0 Å². The van der Waals surface area contributed by atoms with Crippen molar-refractivity contribution < 1.29 is 4.79 Å². The molecule has 1 aromatic heterocycles. The Hall–Kier alpha value is -2.11. The zero-order valence-electron chi connectivity index (χ0n) is 14.8. The second-order valence-electron chi connectivity index (χ2n) is 5.96. The summed E-state index contributed by atoms with van der Waals surface area (Å²) in [5, 5.41) is 9.31. The third kappa shape index (κ3) is 7.63. The Morgan fingerprint density at radius 1 is 1.30 bits per heavy atom. The largest absolute Gasteiger partial charge is 0.357 e. The lowest BCUT2D eigenvalue weighted by Gasteiger charge is -2.20. The molecule has 6 nitrogen and oxygen atoms in total. The van der Waals surface area contributed by atoms with Gasteiger partial charge < -0.3 is 16.0 Å². The van der Waals surface area contributed by atoms with Crippen molar-refractivity contribution >= 4 is 17.7 Å². The van der Waals surface area contributed by atoms with Crippen LogP contribution < -0.4 is 16.0 Å². The van der Waals surface area contributed by atoms with E-state index in [1.807, 2.05) is 19.9 Å². The number of amides is 1. The first kappa shape index (κ1) is 18.9. The molecule has 0 aromatic carbocycles. The van der Waals surface area contributed by atoms with Crippen molar-refractivity contribution in [2.24, 2.45) is 10.9 Å². The molecular formula is C17H29N5O. The molecule has 0 spiro atoms. The van der Waals surface area contributed by atoms with Gasteiger partial charge in [-0.05, 0) is 38.3 Å². The lowest BCUT2D eigenvalue weighted by atomic mass is 10.1. The maximum absolute atomic E-state index is 11.9. The zero-order chi connectivity index (χ0) is 17.2. The van der Waals surface area contributed by atoms with Gasteiger partial charge in [-0.2, -0.15) is 0 Å². The molecular weight excluding hydrogens is 290 g/mol. The molecule has 6 heteroatoms. The van der Waals surface area contributed by atoms with E-state index in [0.717, 1.165) is 18.1 Å². The van der Waals surface area contributed by atoms with E-state index in [2.05, 4.69) is 46.7 Å². The summed E-state index contributed by atoms with van der Waals surface area (Å²) in [6.45, 7) is 11.6. The lowest BCUT2D eigenvalue weighted by Crippen LogP contribution is -2.44. The number of nitrogens with zero attached hydrogens (tertiary/aromatic N) is 2. The van der Waals surface area contributed by atoms with Crippen molar-refractivity contribution in [1.29, 1.82) is 0 Å². The fourth-order valence-corrected chi connectivity index (χ4v) is 1.72. The lowest BCUT2D eigenvalue weighted by molar-refractivity contribution is -0.116. The summed E-state index contributed by atoms with van der Waals surface area (Å²) in [5.74, 6) is 1.74. The van der Waals surface area contributed by atoms with Crippen LogP contribution in [0.2, 0.25) is 0 Å². The molecule has 0 bridgehead atoms. The minimum atomic E-state index is -0.0853. The topological polar surface area (TPSA) is 78.4 Å². The Labute approximate surface area is 139 Å². The zero-order valence-corrected chi connectivity index (χ0v) is 14.8. The summed E-state index contributed by atoms with van der Waals surface area (Å²) in [6, 6.07) is 4.03. The van der Waals surface area contributed by atoms with Crippen molar-refractivity contribution in [2.75, 3.05) is 18.4 Å². The number of rotatable bonds is 7. The van der Waals surface area contributed by atoms with Gasteiger partial charge in [0.1, 0.15) is 5.82 Å². The van der Waals surface area contributed by atoms with E-state index < -0.39 is 0 Å². The van der Waals surface area contributed by atoms with Gasteiger partial charge in [-0.15, -0.1) is 0 Å². The summed E-state index contributed by atoms with van der Waals surface area (Å²) < 4.78 is 0. The molecule has 128 valence electrons. The van der Waals surface area contributed by atoms with Gasteiger partial charge in [-0.25, -0.2) is 4.98 Å². The van der Waals surface area contributed by atoms with E-state index in [9.17, 15) is 4.79 Å². The van der Waals surface area contributed by atoms with E-state index in [0.29, 0.717) is 30.7 Å². The summed E-state index contributed by atoms with van der Waals surface area (Å²) in [6.07, 6.45) is 2.05. The second-order valence-corrected chi connectivity index (χ2v) is 5.96. The van der Waals surface area contributed by atoms with Crippen LogP contribution in [0.5, 0.6) is 0 Å². The highest BCUT2D eigenvalue weighted by molar-refractivity contribution is 5.90. The van der Waals surface area contributed by atoms with Crippen LogP contribution in [0, 0.1) is 12.8 Å². The molecule has 1 aromatic rings. The van der Waals surface area contributed by atoms with Crippen LogP contribution >= 0.6 is 0 Å². The molecule has 1 amide bonds. The van der Waals surface area contributed by atoms with Gasteiger partial charge in [-0.1, -0.05) is 19.9 Å². The Balaban J connectivity index is 2.46. The second kappa shape index (κ2) is 9.82. The fraction of sp³-hybridized carbons (Fsp3) is 0.588. The van der Waals surface area contributed by atoms with Gasteiger partial charge in [0, 0.05) is 25.2 Å². The summed E-state index contributed by atoms with van der Waals surface area (Å²) in [4.78, 5) is 20.5. The molecule has 1 unspecified atom stereocenters. The minimum Gasteiger partial charge on any atom is -0.357 e. The van der Waals surface area contributed by atoms with E-state index >= 15 is 0 Å². The molecule has 23 heavy (non-hydrogen) atoms. The number of guanidine groups is 1. The Kier molecular flexibility index (Phi) is 8.08. The number of nitrogens with one attached hydrogen (secondary N) is 3. The molecule has 0 radical (unpaired) electrons. The number of carbonyl (C=O) groups excluding carboxylic acids is 1. The Morgan fingerprint density at radius 2 is 2.04 bits per heavy atom. The number of anilines is 1. The SMILES string of the molecule is CCNC(=NCCC(=O)Nc1ccc(C)cn1)NC(C)C(C)C. The average molecular weight is 319 g/mol. The maximum Gasteiger partial charge on any atom is 0.227 e. The Bertz CT molecular complexity index is 510. The molecule has 0 fully saturated rings. The first-order valence-electron chi connectivity index (χ1n) is 8.19. The molecule has 0 saturated carbocycles. The van der Waals surface area contributed by atoms with Gasteiger partial charge >= 0.3 is 0 Å². The van der Waals surface area contributed by atoms with E-state index in [1.165, 1.54) is 0 Å². The number of carbonyl (C=O) groups is 1. The molecule has 1 rings (SSSR count). The predicted molar refractivity (Wildman–Crippen MR) is 95.6 cm³/mol. The van der Waals surface area contributed by atoms with Crippen molar-refractivity contribution in [1.82, 2.24) is 15.6 Å². The van der Waals surface area contributed by atoms with E-state index in [-0.39, 0.29) is 5.91 Å². The number of hydrogen-bond acceptors (Lipinski definition) is 3. The van der Waals surface area contributed by atoms with Gasteiger partial charge in [0.15, 0.2) is 5.96 Å². The van der Waals surface area contributed by atoms with Crippen molar-refractivity contribution in [3.05, 3.63) is 23.9 Å². The number of aliphatic imine (C=N–C) groups is 1. The molecule has 0 aliphatic rings.